The smallest absolute Gasteiger partial charge is 0.336 e. The highest BCUT2D eigenvalue weighted by Crippen LogP contribution is 2.39. The Morgan fingerprint density at radius 2 is 1.65 bits per heavy atom. The van der Waals surface area contributed by atoms with Crippen molar-refractivity contribution in [3.63, 3.8) is 0 Å². The van der Waals surface area contributed by atoms with E-state index in [4.69, 9.17) is 9.84 Å². The number of ether oxygens (including phenoxy) is 1. The van der Waals surface area contributed by atoms with Crippen molar-refractivity contribution in [2.24, 2.45) is 0 Å². The summed E-state index contributed by atoms with van der Waals surface area (Å²) in [6, 6.07) is 6.43. The van der Waals surface area contributed by atoms with Crippen LogP contribution >= 0.6 is 0 Å². The second-order valence-electron chi connectivity index (χ2n) is 5.32. The molecule has 0 radical (unpaired) electrons. The van der Waals surface area contributed by atoms with E-state index in [1.165, 1.54) is 36.4 Å². The monoisotopic (exact) mass is 360 g/mol. The highest BCUT2D eigenvalue weighted by molar-refractivity contribution is 5.89. The molecule has 0 fully saturated rings. The van der Waals surface area contributed by atoms with Crippen molar-refractivity contribution in [2.75, 3.05) is 0 Å². The number of phenolic OH excluding ortho intramolecular Hbond substituents is 4. The molecule has 0 atom stereocenters. The lowest BCUT2D eigenvalue weighted by molar-refractivity contribution is -0.137. The van der Waals surface area contributed by atoms with Crippen molar-refractivity contribution >= 4 is 18.0 Å². The fourth-order valence-corrected chi connectivity index (χ4v) is 2.10. The summed E-state index contributed by atoms with van der Waals surface area (Å²) in [5.74, 6) is -4.14. The van der Waals surface area contributed by atoms with Gasteiger partial charge >= 0.3 is 11.9 Å². The van der Waals surface area contributed by atoms with Gasteiger partial charge in [0, 0.05) is 12.5 Å². The summed E-state index contributed by atoms with van der Waals surface area (Å²) in [5.41, 5.74) is 0.648. The van der Waals surface area contributed by atoms with Crippen LogP contribution in [-0.2, 0) is 16.0 Å². The van der Waals surface area contributed by atoms with Crippen LogP contribution < -0.4 is 4.74 Å². The van der Waals surface area contributed by atoms with Crippen LogP contribution in [0.1, 0.15) is 17.5 Å². The van der Waals surface area contributed by atoms with Crippen molar-refractivity contribution in [3.05, 3.63) is 47.5 Å². The van der Waals surface area contributed by atoms with Crippen LogP contribution in [0.15, 0.2) is 36.4 Å². The molecule has 0 aliphatic rings. The highest BCUT2D eigenvalue weighted by Gasteiger charge is 2.17. The molecule has 5 N–H and O–H groups in total. The van der Waals surface area contributed by atoms with Crippen LogP contribution in [0.3, 0.4) is 0 Å². The Labute approximate surface area is 147 Å². The standard InChI is InChI=1S/C18H16O8/c19-12-5-1-10(9-14(12)21)2-8-16(24)26-18-11(4-7-15(22)23)3-6-13(20)17(18)25/h1-3,5-6,8-9,19-21,25H,4,7H2,(H,22,23). The van der Waals surface area contributed by atoms with E-state index < -0.39 is 23.4 Å². The Morgan fingerprint density at radius 1 is 0.962 bits per heavy atom. The topological polar surface area (TPSA) is 145 Å². The number of aliphatic carboxylic acids is 1. The first kappa shape index (κ1) is 18.7. The lowest BCUT2D eigenvalue weighted by atomic mass is 10.1. The molecule has 0 heterocycles. The van der Waals surface area contributed by atoms with Gasteiger partial charge in [-0.25, -0.2) is 4.79 Å². The molecule has 0 unspecified atom stereocenters. The number of hydrogen-bond donors (Lipinski definition) is 5. The lowest BCUT2D eigenvalue weighted by Crippen LogP contribution is -2.07. The number of carbonyl (C=O) groups is 2. The Balaban J connectivity index is 2.19. The second kappa shape index (κ2) is 7.93. The van der Waals surface area contributed by atoms with Crippen LogP contribution in [-0.4, -0.2) is 37.5 Å². The Hall–Kier alpha value is -3.68. The average Bonchev–Trinajstić information content (AvgIpc) is 2.59. The first-order chi connectivity index (χ1) is 12.3. The zero-order chi connectivity index (χ0) is 19.3. The van der Waals surface area contributed by atoms with Gasteiger partial charge in [-0.05, 0) is 41.8 Å². The number of phenols is 4. The molecule has 0 amide bonds. The zero-order valence-corrected chi connectivity index (χ0v) is 13.4. The Morgan fingerprint density at radius 3 is 2.31 bits per heavy atom. The van der Waals surface area contributed by atoms with Gasteiger partial charge in [-0.3, -0.25) is 4.79 Å². The van der Waals surface area contributed by atoms with Crippen molar-refractivity contribution < 1.29 is 39.9 Å². The van der Waals surface area contributed by atoms with E-state index in [1.807, 2.05) is 0 Å². The summed E-state index contributed by atoms with van der Waals surface area (Å²) >= 11 is 0. The van der Waals surface area contributed by atoms with Crippen LogP contribution in [0.2, 0.25) is 0 Å². The van der Waals surface area contributed by atoms with Gasteiger partial charge in [0.15, 0.2) is 23.0 Å². The van der Waals surface area contributed by atoms with E-state index in [-0.39, 0.29) is 35.7 Å². The fourth-order valence-electron chi connectivity index (χ4n) is 2.10. The van der Waals surface area contributed by atoms with Gasteiger partial charge in [0.05, 0.1) is 0 Å². The molecular formula is C18H16O8. The van der Waals surface area contributed by atoms with E-state index >= 15 is 0 Å². The fraction of sp³-hybridized carbons (Fsp3) is 0.111. The van der Waals surface area contributed by atoms with Gasteiger partial charge in [-0.15, -0.1) is 0 Å². The van der Waals surface area contributed by atoms with Gasteiger partial charge in [-0.1, -0.05) is 12.1 Å². The third kappa shape index (κ3) is 4.67. The van der Waals surface area contributed by atoms with Gasteiger partial charge in [-0.2, -0.15) is 0 Å². The molecular weight excluding hydrogens is 344 g/mol. The maximum absolute atomic E-state index is 12.0. The predicted octanol–water partition coefficient (Wildman–Crippen LogP) is 2.15. The van der Waals surface area contributed by atoms with Gasteiger partial charge < -0.3 is 30.3 Å². The van der Waals surface area contributed by atoms with Gasteiger partial charge in [0.25, 0.3) is 0 Å². The molecule has 0 aliphatic carbocycles. The van der Waals surface area contributed by atoms with Crippen molar-refractivity contribution in [3.8, 4) is 28.7 Å². The number of carboxylic acids is 1. The second-order valence-corrected chi connectivity index (χ2v) is 5.32. The third-order valence-corrected chi connectivity index (χ3v) is 3.41. The normalized spacial score (nSPS) is 10.8. The molecule has 0 bridgehead atoms. The molecule has 2 rings (SSSR count). The molecule has 2 aromatic rings. The lowest BCUT2D eigenvalue weighted by Gasteiger charge is -2.11. The maximum Gasteiger partial charge on any atom is 0.336 e. The minimum atomic E-state index is -1.07. The molecule has 0 aromatic heterocycles. The number of hydrogen-bond acceptors (Lipinski definition) is 7. The summed E-state index contributed by atoms with van der Waals surface area (Å²) < 4.78 is 5.02. The van der Waals surface area contributed by atoms with E-state index in [0.717, 1.165) is 6.08 Å². The summed E-state index contributed by atoms with van der Waals surface area (Å²) in [7, 11) is 0. The van der Waals surface area contributed by atoms with E-state index in [0.29, 0.717) is 5.56 Å². The minimum Gasteiger partial charge on any atom is -0.504 e. The zero-order valence-electron chi connectivity index (χ0n) is 13.4. The molecule has 26 heavy (non-hydrogen) atoms. The SMILES string of the molecule is O=C(O)CCc1ccc(O)c(O)c1OC(=O)C=Cc1ccc(O)c(O)c1. The number of rotatable bonds is 6. The molecule has 0 aliphatic heterocycles. The number of benzene rings is 2. The molecule has 136 valence electrons. The van der Waals surface area contributed by atoms with E-state index in [9.17, 15) is 30.0 Å². The molecule has 8 nitrogen and oxygen atoms in total. The third-order valence-electron chi connectivity index (χ3n) is 3.41. The Kier molecular flexibility index (Phi) is 5.69. The summed E-state index contributed by atoms with van der Waals surface area (Å²) in [6.45, 7) is 0. The minimum absolute atomic E-state index is 0.0126. The number of carboxylic acid groups (broad SMARTS) is 1. The van der Waals surface area contributed by atoms with E-state index in [2.05, 4.69) is 0 Å². The molecule has 0 saturated heterocycles. The van der Waals surface area contributed by atoms with E-state index in [1.54, 1.807) is 0 Å². The summed E-state index contributed by atoms with van der Waals surface area (Å²) in [4.78, 5) is 22.7. The molecule has 8 heteroatoms. The van der Waals surface area contributed by atoms with Crippen LogP contribution in [0.5, 0.6) is 28.7 Å². The quantitative estimate of drug-likeness (QED) is 0.228. The van der Waals surface area contributed by atoms with Crippen molar-refractivity contribution in [1.82, 2.24) is 0 Å². The number of esters is 1. The first-order valence-corrected chi connectivity index (χ1v) is 7.45. The van der Waals surface area contributed by atoms with Crippen LogP contribution in [0.4, 0.5) is 0 Å². The Bertz CT molecular complexity index is 870. The summed E-state index contributed by atoms with van der Waals surface area (Å²) in [5, 5.41) is 46.8. The number of carbonyl (C=O) groups excluding carboxylic acids is 1. The van der Waals surface area contributed by atoms with Crippen molar-refractivity contribution in [1.29, 1.82) is 0 Å². The molecule has 2 aromatic carbocycles. The summed E-state index contributed by atoms with van der Waals surface area (Å²) in [6.07, 6.45) is 2.05. The molecule has 0 spiro atoms. The molecule has 0 saturated carbocycles. The van der Waals surface area contributed by atoms with Crippen molar-refractivity contribution in [2.45, 2.75) is 12.8 Å². The number of aryl methyl sites for hydroxylation is 1. The first-order valence-electron chi connectivity index (χ1n) is 7.45. The largest absolute Gasteiger partial charge is 0.504 e. The van der Waals surface area contributed by atoms with Crippen LogP contribution in [0.25, 0.3) is 6.08 Å². The average molecular weight is 360 g/mol. The maximum atomic E-state index is 12.0. The highest BCUT2D eigenvalue weighted by atomic mass is 16.5. The number of aromatic hydroxyl groups is 4. The van der Waals surface area contributed by atoms with Crippen LogP contribution in [0, 0.1) is 0 Å². The van der Waals surface area contributed by atoms with Gasteiger partial charge in [0.2, 0.25) is 5.75 Å². The van der Waals surface area contributed by atoms with Gasteiger partial charge in [0.1, 0.15) is 0 Å². The predicted molar refractivity (Wildman–Crippen MR) is 90.2 cm³/mol.